The largest absolute Gasteiger partial charge is 0.493 e. The summed E-state index contributed by atoms with van der Waals surface area (Å²) in [5, 5.41) is 8.69. The van der Waals surface area contributed by atoms with Gasteiger partial charge in [-0.2, -0.15) is 0 Å². The van der Waals surface area contributed by atoms with Gasteiger partial charge in [-0.1, -0.05) is 30.3 Å². The van der Waals surface area contributed by atoms with Gasteiger partial charge in [0.2, 0.25) is 0 Å². The molecule has 2 aromatic rings. The monoisotopic (exact) mass is 353 g/mol. The van der Waals surface area contributed by atoms with Crippen LogP contribution < -0.4 is 4.74 Å². The summed E-state index contributed by atoms with van der Waals surface area (Å²) in [6, 6.07) is 17.2. The first-order valence-electron chi connectivity index (χ1n) is 8.92. The first-order valence-corrected chi connectivity index (χ1v) is 8.92. The molecule has 0 unspecified atom stereocenters. The fraction of sp³-hybridized carbons (Fsp3) is 0.333. The topological polar surface area (TPSA) is 66.8 Å². The van der Waals surface area contributed by atoms with Gasteiger partial charge < -0.3 is 14.7 Å². The Morgan fingerprint density at radius 2 is 1.77 bits per heavy atom. The normalized spacial score (nSPS) is 14.8. The molecule has 1 aliphatic heterocycles. The SMILES string of the molecule is O=C(O)CCOc1cccc(C2CCN(C(=O)c3ccccc3)CC2)c1. The van der Waals surface area contributed by atoms with E-state index >= 15 is 0 Å². The first kappa shape index (κ1) is 18.0. The Kier molecular flexibility index (Phi) is 5.89. The molecule has 0 aliphatic carbocycles. The molecule has 5 heteroatoms. The summed E-state index contributed by atoms with van der Waals surface area (Å²) >= 11 is 0. The second kappa shape index (κ2) is 8.52. The van der Waals surface area contributed by atoms with Gasteiger partial charge in [0, 0.05) is 18.7 Å². The Balaban J connectivity index is 1.56. The van der Waals surface area contributed by atoms with Crippen molar-refractivity contribution in [3.8, 4) is 5.75 Å². The van der Waals surface area contributed by atoms with Crippen molar-refractivity contribution in [3.63, 3.8) is 0 Å². The van der Waals surface area contributed by atoms with E-state index in [1.807, 2.05) is 53.4 Å². The molecule has 1 heterocycles. The van der Waals surface area contributed by atoms with Gasteiger partial charge in [-0.25, -0.2) is 0 Å². The van der Waals surface area contributed by atoms with Gasteiger partial charge >= 0.3 is 5.97 Å². The molecule has 1 fully saturated rings. The minimum absolute atomic E-state index is 0.00971. The van der Waals surface area contributed by atoms with Crippen LogP contribution >= 0.6 is 0 Å². The van der Waals surface area contributed by atoms with Gasteiger partial charge in [0.25, 0.3) is 5.91 Å². The van der Waals surface area contributed by atoms with Crippen molar-refractivity contribution in [2.24, 2.45) is 0 Å². The minimum Gasteiger partial charge on any atom is -0.493 e. The van der Waals surface area contributed by atoms with E-state index in [1.165, 1.54) is 5.56 Å². The van der Waals surface area contributed by atoms with Crippen LogP contribution in [0.2, 0.25) is 0 Å². The number of hydrogen-bond donors (Lipinski definition) is 1. The number of carboxylic acids is 1. The van der Waals surface area contributed by atoms with E-state index in [9.17, 15) is 9.59 Å². The third kappa shape index (κ3) is 4.63. The van der Waals surface area contributed by atoms with Gasteiger partial charge in [-0.15, -0.1) is 0 Å². The van der Waals surface area contributed by atoms with Crippen molar-refractivity contribution >= 4 is 11.9 Å². The second-order valence-corrected chi connectivity index (χ2v) is 6.50. The molecule has 26 heavy (non-hydrogen) atoms. The third-order valence-corrected chi connectivity index (χ3v) is 4.72. The Labute approximate surface area is 153 Å². The van der Waals surface area contributed by atoms with Crippen LogP contribution in [0.3, 0.4) is 0 Å². The molecule has 0 aromatic heterocycles. The fourth-order valence-corrected chi connectivity index (χ4v) is 3.29. The molecule has 3 rings (SSSR count). The molecule has 2 aromatic carbocycles. The van der Waals surface area contributed by atoms with E-state index < -0.39 is 5.97 Å². The smallest absolute Gasteiger partial charge is 0.306 e. The highest BCUT2D eigenvalue weighted by molar-refractivity contribution is 5.94. The fourth-order valence-electron chi connectivity index (χ4n) is 3.29. The summed E-state index contributed by atoms with van der Waals surface area (Å²) in [5.41, 5.74) is 1.92. The molecule has 5 nitrogen and oxygen atoms in total. The molecule has 0 atom stereocenters. The molecule has 136 valence electrons. The summed E-state index contributed by atoms with van der Waals surface area (Å²) in [4.78, 5) is 25.0. The number of piperidine rings is 1. The first-order chi connectivity index (χ1) is 12.6. The van der Waals surface area contributed by atoms with E-state index in [1.54, 1.807) is 0 Å². The maximum Gasteiger partial charge on any atom is 0.306 e. The standard InChI is InChI=1S/C21H23NO4/c23-20(24)11-14-26-19-8-4-7-18(15-19)16-9-12-22(13-10-16)21(25)17-5-2-1-3-6-17/h1-8,15-16H,9-14H2,(H,23,24). The number of carboxylic acid groups (broad SMARTS) is 1. The summed E-state index contributed by atoms with van der Waals surface area (Å²) in [7, 11) is 0. The summed E-state index contributed by atoms with van der Waals surface area (Å²) in [6.07, 6.45) is 1.82. The summed E-state index contributed by atoms with van der Waals surface area (Å²) in [5.74, 6) is 0.316. The van der Waals surface area contributed by atoms with Gasteiger partial charge in [-0.3, -0.25) is 9.59 Å². The number of carbonyl (C=O) groups is 2. The second-order valence-electron chi connectivity index (χ2n) is 6.50. The number of ether oxygens (including phenoxy) is 1. The van der Waals surface area contributed by atoms with Gasteiger partial charge in [0.1, 0.15) is 5.75 Å². The van der Waals surface area contributed by atoms with Crippen LogP contribution in [0.1, 0.15) is 41.1 Å². The van der Waals surface area contributed by atoms with E-state index in [2.05, 4.69) is 6.07 Å². The molecule has 0 radical (unpaired) electrons. The summed E-state index contributed by atoms with van der Waals surface area (Å²) in [6.45, 7) is 1.65. The lowest BCUT2D eigenvalue weighted by Crippen LogP contribution is -2.37. The zero-order chi connectivity index (χ0) is 18.4. The highest BCUT2D eigenvalue weighted by atomic mass is 16.5. The number of aliphatic carboxylic acids is 1. The molecule has 1 amide bonds. The van der Waals surface area contributed by atoms with Crippen molar-refractivity contribution in [2.75, 3.05) is 19.7 Å². The maximum absolute atomic E-state index is 12.5. The Bertz CT molecular complexity index is 752. The molecule has 1 N–H and O–H groups in total. The van der Waals surface area contributed by atoms with Crippen LogP contribution in [0.5, 0.6) is 5.75 Å². The molecule has 0 bridgehead atoms. The number of nitrogens with zero attached hydrogens (tertiary/aromatic N) is 1. The number of rotatable bonds is 6. The van der Waals surface area contributed by atoms with Crippen molar-refractivity contribution in [1.29, 1.82) is 0 Å². The predicted octanol–water partition coefficient (Wildman–Crippen LogP) is 3.56. The number of amides is 1. The minimum atomic E-state index is -0.864. The quantitative estimate of drug-likeness (QED) is 0.862. The van der Waals surface area contributed by atoms with Crippen LogP contribution in [-0.4, -0.2) is 41.6 Å². The van der Waals surface area contributed by atoms with Crippen molar-refractivity contribution in [1.82, 2.24) is 4.90 Å². The third-order valence-electron chi connectivity index (χ3n) is 4.72. The Hall–Kier alpha value is -2.82. The predicted molar refractivity (Wildman–Crippen MR) is 98.5 cm³/mol. The Morgan fingerprint density at radius 3 is 2.46 bits per heavy atom. The van der Waals surface area contributed by atoms with E-state index in [4.69, 9.17) is 9.84 Å². The molecule has 0 saturated carbocycles. The van der Waals surface area contributed by atoms with E-state index in [0.717, 1.165) is 31.5 Å². The molecule has 0 spiro atoms. The van der Waals surface area contributed by atoms with Crippen LogP contribution in [0.15, 0.2) is 54.6 Å². The van der Waals surface area contributed by atoms with Crippen LogP contribution in [0.4, 0.5) is 0 Å². The number of benzene rings is 2. The number of hydrogen-bond acceptors (Lipinski definition) is 3. The zero-order valence-electron chi connectivity index (χ0n) is 14.6. The Morgan fingerprint density at radius 1 is 1.04 bits per heavy atom. The van der Waals surface area contributed by atoms with Crippen molar-refractivity contribution in [2.45, 2.75) is 25.2 Å². The average Bonchev–Trinajstić information content (AvgIpc) is 2.68. The van der Waals surface area contributed by atoms with Crippen LogP contribution in [0, 0.1) is 0 Å². The molecule has 1 saturated heterocycles. The highest BCUT2D eigenvalue weighted by Gasteiger charge is 2.24. The van der Waals surface area contributed by atoms with Crippen molar-refractivity contribution in [3.05, 3.63) is 65.7 Å². The lowest BCUT2D eigenvalue weighted by atomic mass is 9.89. The van der Waals surface area contributed by atoms with E-state index in [0.29, 0.717) is 11.7 Å². The van der Waals surface area contributed by atoms with Crippen LogP contribution in [0.25, 0.3) is 0 Å². The lowest BCUT2D eigenvalue weighted by molar-refractivity contribution is -0.137. The summed E-state index contributed by atoms with van der Waals surface area (Å²) < 4.78 is 5.52. The van der Waals surface area contributed by atoms with Crippen molar-refractivity contribution < 1.29 is 19.4 Å². The molecular formula is C21H23NO4. The van der Waals surface area contributed by atoms with E-state index in [-0.39, 0.29) is 18.9 Å². The molecule has 1 aliphatic rings. The average molecular weight is 353 g/mol. The lowest BCUT2D eigenvalue weighted by Gasteiger charge is -2.32. The maximum atomic E-state index is 12.5. The van der Waals surface area contributed by atoms with Crippen LogP contribution in [-0.2, 0) is 4.79 Å². The number of likely N-dealkylation sites (tertiary alicyclic amines) is 1. The number of carbonyl (C=O) groups excluding carboxylic acids is 1. The molecular weight excluding hydrogens is 330 g/mol. The van der Waals surface area contributed by atoms with Gasteiger partial charge in [-0.05, 0) is 48.6 Å². The zero-order valence-corrected chi connectivity index (χ0v) is 14.6. The van der Waals surface area contributed by atoms with Gasteiger partial charge in [0.05, 0.1) is 13.0 Å². The highest BCUT2D eigenvalue weighted by Crippen LogP contribution is 2.30. The van der Waals surface area contributed by atoms with Gasteiger partial charge in [0.15, 0.2) is 0 Å².